The normalized spacial score (nSPS) is 21.8. The topological polar surface area (TPSA) is 3.24 Å². The van der Waals surface area contributed by atoms with Gasteiger partial charge in [-0.1, -0.05) is 103 Å². The fourth-order valence-corrected chi connectivity index (χ4v) is 7.33. The molecule has 0 radical (unpaired) electrons. The Labute approximate surface area is 223 Å². The van der Waals surface area contributed by atoms with Gasteiger partial charge in [0.25, 0.3) is 0 Å². The van der Waals surface area contributed by atoms with Gasteiger partial charge in [-0.25, -0.2) is 0 Å². The number of nitrogens with zero attached hydrogens (tertiary/aromatic N) is 1. The van der Waals surface area contributed by atoms with Gasteiger partial charge in [-0.2, -0.15) is 0 Å². The fraction of sp³-hybridized carbons (Fsp3) is 0.657. The van der Waals surface area contributed by atoms with Gasteiger partial charge in [0.15, 0.2) is 0 Å². The quantitative estimate of drug-likeness (QED) is 0.271. The molecule has 0 aromatic heterocycles. The predicted molar refractivity (Wildman–Crippen MR) is 158 cm³/mol. The van der Waals surface area contributed by atoms with Crippen LogP contribution in [0.25, 0.3) is 0 Å². The van der Waals surface area contributed by atoms with Crippen LogP contribution >= 0.6 is 0 Å². The van der Waals surface area contributed by atoms with Crippen molar-refractivity contribution < 1.29 is 0 Å². The summed E-state index contributed by atoms with van der Waals surface area (Å²) in [6.07, 6.45) is 16.0. The minimum Gasteiger partial charge on any atom is -0.364 e. The molecule has 2 saturated carbocycles. The summed E-state index contributed by atoms with van der Waals surface area (Å²) in [5.41, 5.74) is 8.15. The molecule has 0 N–H and O–H groups in total. The van der Waals surface area contributed by atoms with Crippen LogP contribution in [0.2, 0.25) is 0 Å². The van der Waals surface area contributed by atoms with Crippen molar-refractivity contribution >= 4 is 5.69 Å². The first kappa shape index (κ1) is 27.3. The molecule has 1 nitrogen and oxygen atoms in total. The van der Waals surface area contributed by atoms with Gasteiger partial charge in [0.05, 0.1) is 0 Å². The average Bonchev–Trinajstić information content (AvgIpc) is 3.42. The Bertz CT molecular complexity index is 919. The van der Waals surface area contributed by atoms with Gasteiger partial charge in [-0.3, -0.25) is 0 Å². The minimum atomic E-state index is 0.687. The van der Waals surface area contributed by atoms with E-state index in [1.807, 2.05) is 0 Å². The van der Waals surface area contributed by atoms with Crippen molar-refractivity contribution in [1.82, 2.24) is 0 Å². The molecular weight excluding hydrogens is 434 g/mol. The Morgan fingerprint density at radius 2 is 1.61 bits per heavy atom. The van der Waals surface area contributed by atoms with Crippen LogP contribution in [-0.4, -0.2) is 6.04 Å². The van der Waals surface area contributed by atoms with E-state index in [2.05, 4.69) is 82.0 Å². The van der Waals surface area contributed by atoms with Gasteiger partial charge in [-0.05, 0) is 97.3 Å². The summed E-state index contributed by atoms with van der Waals surface area (Å²) < 4.78 is 0. The van der Waals surface area contributed by atoms with Crippen LogP contribution in [0, 0.1) is 11.8 Å². The highest BCUT2D eigenvalue weighted by Gasteiger charge is 2.36. The molecule has 2 unspecified atom stereocenters. The lowest BCUT2D eigenvalue weighted by molar-refractivity contribution is 0.216. The van der Waals surface area contributed by atoms with Crippen LogP contribution in [0.3, 0.4) is 0 Å². The smallest absolute Gasteiger partial charge is 0.0442 e. The summed E-state index contributed by atoms with van der Waals surface area (Å²) >= 11 is 0. The second kappa shape index (κ2) is 13.2. The average molecular weight is 488 g/mol. The maximum Gasteiger partial charge on any atom is 0.0442 e. The highest BCUT2D eigenvalue weighted by atomic mass is 15.2. The monoisotopic (exact) mass is 487 g/mol. The zero-order valence-electron chi connectivity index (χ0n) is 24.1. The first-order chi connectivity index (χ1) is 17.6. The standard InChI is InChI=1S/C35H53N/c1-6-15-29(8-3)33-20-21-34(30-23-28(24-30)22-26(5)7-2)35(32(33)9-4)36(31-18-13-14-19-31)25-27-16-11-10-12-17-27/h10-12,16-17,20-21,26,28-31H,6-9,13-15,18-19,22-25H2,1-5H3. The van der Waals surface area contributed by atoms with Gasteiger partial charge in [0, 0.05) is 18.3 Å². The van der Waals surface area contributed by atoms with Crippen LogP contribution in [0.15, 0.2) is 42.5 Å². The van der Waals surface area contributed by atoms with Crippen LogP contribution in [-0.2, 0) is 13.0 Å². The molecule has 4 rings (SSSR count). The third-order valence-electron chi connectivity index (χ3n) is 9.63. The largest absolute Gasteiger partial charge is 0.364 e. The molecule has 2 aliphatic rings. The lowest BCUT2D eigenvalue weighted by atomic mass is 9.67. The first-order valence-corrected chi connectivity index (χ1v) is 15.6. The molecule has 36 heavy (non-hydrogen) atoms. The van der Waals surface area contributed by atoms with Crippen molar-refractivity contribution in [2.75, 3.05) is 4.90 Å². The lowest BCUT2D eigenvalue weighted by Crippen LogP contribution is -2.36. The molecule has 0 heterocycles. The third kappa shape index (κ3) is 6.20. The van der Waals surface area contributed by atoms with Gasteiger partial charge in [0.2, 0.25) is 0 Å². The third-order valence-corrected chi connectivity index (χ3v) is 9.63. The Morgan fingerprint density at radius 1 is 0.889 bits per heavy atom. The molecule has 2 aromatic rings. The Balaban J connectivity index is 1.76. The Kier molecular flexibility index (Phi) is 9.97. The predicted octanol–water partition coefficient (Wildman–Crippen LogP) is 10.4. The van der Waals surface area contributed by atoms with Crippen molar-refractivity contribution in [2.24, 2.45) is 11.8 Å². The van der Waals surface area contributed by atoms with Gasteiger partial charge in [-0.15, -0.1) is 0 Å². The van der Waals surface area contributed by atoms with Gasteiger partial charge >= 0.3 is 0 Å². The Hall–Kier alpha value is -1.76. The summed E-state index contributed by atoms with van der Waals surface area (Å²) in [5.74, 6) is 3.25. The molecule has 2 aromatic carbocycles. The number of rotatable bonds is 13. The van der Waals surface area contributed by atoms with Gasteiger partial charge in [0.1, 0.15) is 0 Å². The molecular formula is C35H53N. The van der Waals surface area contributed by atoms with E-state index in [1.54, 1.807) is 22.4 Å². The number of anilines is 1. The zero-order chi connectivity index (χ0) is 25.5. The van der Waals surface area contributed by atoms with E-state index < -0.39 is 0 Å². The van der Waals surface area contributed by atoms with Crippen LogP contribution < -0.4 is 4.90 Å². The first-order valence-electron chi connectivity index (χ1n) is 15.6. The van der Waals surface area contributed by atoms with Crippen molar-refractivity contribution in [3.63, 3.8) is 0 Å². The summed E-state index contributed by atoms with van der Waals surface area (Å²) in [5, 5.41) is 0. The summed E-state index contributed by atoms with van der Waals surface area (Å²) in [4.78, 5) is 2.90. The summed E-state index contributed by atoms with van der Waals surface area (Å²) in [6, 6.07) is 17.1. The minimum absolute atomic E-state index is 0.687. The SMILES string of the molecule is CCCC(CC)c1ccc(C2CC(CC(C)CC)C2)c(N(Cc2ccccc2)C2CCCC2)c1CC. The van der Waals surface area contributed by atoms with Crippen molar-refractivity contribution in [1.29, 1.82) is 0 Å². The number of hydrogen-bond donors (Lipinski definition) is 0. The maximum absolute atomic E-state index is 2.90. The van der Waals surface area contributed by atoms with E-state index in [1.165, 1.54) is 76.2 Å². The van der Waals surface area contributed by atoms with E-state index in [9.17, 15) is 0 Å². The molecule has 2 aliphatic carbocycles. The second-order valence-electron chi connectivity index (χ2n) is 12.2. The van der Waals surface area contributed by atoms with E-state index in [-0.39, 0.29) is 0 Å². The van der Waals surface area contributed by atoms with Crippen LogP contribution in [0.1, 0.15) is 139 Å². The van der Waals surface area contributed by atoms with Crippen molar-refractivity contribution in [2.45, 2.75) is 136 Å². The Morgan fingerprint density at radius 3 is 2.22 bits per heavy atom. The lowest BCUT2D eigenvalue weighted by Gasteiger charge is -2.42. The fourth-order valence-electron chi connectivity index (χ4n) is 7.33. The highest BCUT2D eigenvalue weighted by Crippen LogP contribution is 2.50. The number of benzene rings is 2. The highest BCUT2D eigenvalue weighted by molar-refractivity contribution is 5.65. The molecule has 0 bridgehead atoms. The molecule has 0 spiro atoms. The van der Waals surface area contributed by atoms with Crippen molar-refractivity contribution in [3.05, 3.63) is 64.7 Å². The number of hydrogen-bond acceptors (Lipinski definition) is 1. The molecule has 0 aliphatic heterocycles. The zero-order valence-corrected chi connectivity index (χ0v) is 24.1. The molecule has 2 fully saturated rings. The maximum atomic E-state index is 2.90. The van der Waals surface area contributed by atoms with Crippen LogP contribution in [0.4, 0.5) is 5.69 Å². The van der Waals surface area contributed by atoms with Gasteiger partial charge < -0.3 is 4.90 Å². The van der Waals surface area contributed by atoms with Crippen LogP contribution in [0.5, 0.6) is 0 Å². The van der Waals surface area contributed by atoms with E-state index >= 15 is 0 Å². The summed E-state index contributed by atoms with van der Waals surface area (Å²) in [7, 11) is 0. The van der Waals surface area contributed by atoms with Crippen molar-refractivity contribution in [3.8, 4) is 0 Å². The molecule has 0 saturated heterocycles. The molecule has 1 heteroatoms. The summed E-state index contributed by atoms with van der Waals surface area (Å²) in [6.45, 7) is 13.0. The molecule has 0 amide bonds. The molecule has 2 atom stereocenters. The van der Waals surface area contributed by atoms with E-state index in [4.69, 9.17) is 0 Å². The van der Waals surface area contributed by atoms with E-state index in [0.717, 1.165) is 30.7 Å². The van der Waals surface area contributed by atoms with E-state index in [0.29, 0.717) is 12.0 Å². The molecule has 198 valence electrons. The second-order valence-corrected chi connectivity index (χ2v) is 12.2.